The van der Waals surface area contributed by atoms with Gasteiger partial charge in [-0.3, -0.25) is 5.10 Å². The third-order valence-electron chi connectivity index (χ3n) is 5.92. The molecule has 0 bridgehead atoms. The summed E-state index contributed by atoms with van der Waals surface area (Å²) in [6.45, 7) is 3.17. The number of ether oxygens (including phenoxy) is 1. The highest BCUT2D eigenvalue weighted by Gasteiger charge is 2.25. The number of aromatic carboxylic acids is 1. The Kier molecular flexibility index (Phi) is 4.31. The van der Waals surface area contributed by atoms with Crippen molar-refractivity contribution in [3.8, 4) is 17.0 Å². The first-order valence-electron chi connectivity index (χ1n) is 10.0. The number of benzene rings is 2. The van der Waals surface area contributed by atoms with Crippen LogP contribution in [0.25, 0.3) is 33.1 Å². The van der Waals surface area contributed by atoms with Gasteiger partial charge in [0.25, 0.3) is 0 Å². The largest absolute Gasteiger partial charge is 0.496 e. The monoisotopic (exact) mass is 402 g/mol. The second-order valence-electron chi connectivity index (χ2n) is 7.76. The van der Waals surface area contributed by atoms with Gasteiger partial charge in [-0.1, -0.05) is 6.07 Å². The first-order valence-corrected chi connectivity index (χ1v) is 10.0. The van der Waals surface area contributed by atoms with Crippen LogP contribution in [0.4, 0.5) is 5.69 Å². The maximum absolute atomic E-state index is 11.7. The van der Waals surface area contributed by atoms with Crippen molar-refractivity contribution in [3.63, 3.8) is 0 Å². The van der Waals surface area contributed by atoms with Gasteiger partial charge >= 0.3 is 5.97 Å². The van der Waals surface area contributed by atoms with E-state index in [1.165, 1.54) is 7.11 Å². The van der Waals surface area contributed by atoms with Crippen molar-refractivity contribution in [3.05, 3.63) is 48.2 Å². The van der Waals surface area contributed by atoms with Gasteiger partial charge in [0.2, 0.25) is 0 Å². The van der Waals surface area contributed by atoms with E-state index in [9.17, 15) is 9.90 Å². The molecule has 1 atom stereocenters. The predicted molar refractivity (Wildman–Crippen MR) is 116 cm³/mol. The van der Waals surface area contributed by atoms with Gasteiger partial charge in [-0.25, -0.2) is 9.78 Å². The first-order chi connectivity index (χ1) is 14.5. The van der Waals surface area contributed by atoms with Gasteiger partial charge in [-0.15, -0.1) is 0 Å². The summed E-state index contributed by atoms with van der Waals surface area (Å²) in [5.41, 5.74) is 4.72. The van der Waals surface area contributed by atoms with Crippen molar-refractivity contribution < 1.29 is 14.6 Å². The van der Waals surface area contributed by atoms with E-state index in [2.05, 4.69) is 34.2 Å². The molecule has 1 aliphatic rings. The number of methoxy groups -OCH3 is 1. The number of nitrogens with zero attached hydrogens (tertiary/aromatic N) is 3. The lowest BCUT2D eigenvalue weighted by Gasteiger charge is -2.26. The number of carbonyl (C=O) groups is 1. The lowest BCUT2D eigenvalue weighted by atomic mass is 10.0. The molecule has 0 spiro atoms. The van der Waals surface area contributed by atoms with Gasteiger partial charge in [0.05, 0.1) is 35.7 Å². The summed E-state index contributed by atoms with van der Waals surface area (Å²) in [6, 6.07) is 12.0. The minimum Gasteiger partial charge on any atom is -0.496 e. The zero-order valence-corrected chi connectivity index (χ0v) is 16.8. The highest BCUT2D eigenvalue weighted by molar-refractivity contribution is 5.99. The van der Waals surface area contributed by atoms with Crippen LogP contribution in [0.1, 0.15) is 30.1 Å². The van der Waals surface area contributed by atoms with Crippen LogP contribution in [0.5, 0.6) is 5.75 Å². The molecule has 152 valence electrons. The topological polar surface area (TPSA) is 91.3 Å². The quantitative estimate of drug-likeness (QED) is 0.523. The van der Waals surface area contributed by atoms with Gasteiger partial charge in [0.15, 0.2) is 0 Å². The molecule has 0 aliphatic carbocycles. The Balaban J connectivity index is 1.77. The number of carboxylic acid groups (broad SMARTS) is 1. The Labute approximate surface area is 173 Å². The average Bonchev–Trinajstić information content (AvgIpc) is 3.39. The number of aromatic nitrogens is 3. The molecule has 2 N–H and O–H groups in total. The number of aromatic amines is 1. The summed E-state index contributed by atoms with van der Waals surface area (Å²) in [6.07, 6.45) is 4.06. The molecule has 0 saturated carbocycles. The SMILES string of the molecule is COc1cc2nc(-c3ccc4[nH]ncc4c3)c(N3CCCC3C)cc2cc1C(=O)O. The second kappa shape index (κ2) is 7.02. The van der Waals surface area contributed by atoms with Crippen molar-refractivity contribution >= 4 is 33.5 Å². The molecule has 1 aliphatic heterocycles. The zero-order valence-electron chi connectivity index (χ0n) is 16.8. The average molecular weight is 402 g/mol. The molecule has 30 heavy (non-hydrogen) atoms. The normalized spacial score (nSPS) is 16.5. The van der Waals surface area contributed by atoms with Crippen LogP contribution in [0, 0.1) is 0 Å². The Bertz CT molecular complexity index is 1280. The highest BCUT2D eigenvalue weighted by Crippen LogP contribution is 2.38. The smallest absolute Gasteiger partial charge is 0.339 e. The maximum atomic E-state index is 11.7. The van der Waals surface area contributed by atoms with Crippen molar-refractivity contribution in [2.24, 2.45) is 0 Å². The van der Waals surface area contributed by atoms with E-state index in [1.807, 2.05) is 12.1 Å². The molecule has 2 aromatic carbocycles. The number of hydrogen-bond acceptors (Lipinski definition) is 5. The molecule has 1 fully saturated rings. The van der Waals surface area contributed by atoms with Crippen LogP contribution in [0.3, 0.4) is 0 Å². The van der Waals surface area contributed by atoms with Gasteiger partial charge in [0, 0.05) is 35.0 Å². The number of nitrogens with one attached hydrogen (secondary N) is 1. The van der Waals surface area contributed by atoms with E-state index < -0.39 is 5.97 Å². The number of carboxylic acids is 1. The summed E-state index contributed by atoms with van der Waals surface area (Å²) in [4.78, 5) is 19.0. The van der Waals surface area contributed by atoms with Gasteiger partial charge in [-0.2, -0.15) is 5.10 Å². The standard InChI is InChI=1S/C23H22N4O3/c1-13-4-3-7-27(13)20-10-15-9-17(23(28)29)21(30-2)11-19(15)25-22(20)14-5-6-18-16(8-14)12-24-26-18/h5-6,8-13H,3-4,7H2,1-2H3,(H,24,26)(H,28,29). The number of anilines is 1. The molecule has 3 heterocycles. The van der Waals surface area contributed by atoms with E-state index >= 15 is 0 Å². The van der Waals surface area contributed by atoms with Crippen LogP contribution in [-0.4, -0.2) is 46.0 Å². The summed E-state index contributed by atoms with van der Waals surface area (Å²) >= 11 is 0. The fourth-order valence-corrected chi connectivity index (χ4v) is 4.34. The molecule has 7 heteroatoms. The third-order valence-corrected chi connectivity index (χ3v) is 5.92. The number of H-pyrrole nitrogens is 1. The van der Waals surface area contributed by atoms with E-state index in [4.69, 9.17) is 9.72 Å². The molecule has 2 aromatic heterocycles. The van der Waals surface area contributed by atoms with E-state index in [0.717, 1.165) is 52.6 Å². The Morgan fingerprint density at radius 2 is 2.10 bits per heavy atom. The summed E-state index contributed by atoms with van der Waals surface area (Å²) in [5.74, 6) is -0.708. The molecule has 7 nitrogen and oxygen atoms in total. The zero-order chi connectivity index (χ0) is 20.8. The van der Waals surface area contributed by atoms with Crippen molar-refractivity contribution in [1.29, 1.82) is 0 Å². The van der Waals surface area contributed by atoms with E-state index in [0.29, 0.717) is 17.3 Å². The van der Waals surface area contributed by atoms with Crippen LogP contribution in [0.15, 0.2) is 42.6 Å². The first kappa shape index (κ1) is 18.4. The summed E-state index contributed by atoms with van der Waals surface area (Å²) < 4.78 is 5.31. The molecule has 5 rings (SSSR count). The Hall–Kier alpha value is -3.61. The number of fused-ring (bicyclic) bond motifs is 2. The number of rotatable bonds is 4. The molecular formula is C23H22N4O3. The Morgan fingerprint density at radius 3 is 2.83 bits per heavy atom. The fourth-order valence-electron chi connectivity index (χ4n) is 4.34. The van der Waals surface area contributed by atoms with Crippen LogP contribution < -0.4 is 9.64 Å². The highest BCUT2D eigenvalue weighted by atomic mass is 16.5. The van der Waals surface area contributed by atoms with Crippen molar-refractivity contribution in [1.82, 2.24) is 15.2 Å². The molecule has 4 aromatic rings. The van der Waals surface area contributed by atoms with Crippen molar-refractivity contribution in [2.75, 3.05) is 18.6 Å². The minimum atomic E-state index is -1.01. The van der Waals surface area contributed by atoms with Gasteiger partial charge < -0.3 is 14.7 Å². The van der Waals surface area contributed by atoms with Crippen LogP contribution in [0.2, 0.25) is 0 Å². The van der Waals surface area contributed by atoms with Gasteiger partial charge in [0.1, 0.15) is 11.3 Å². The minimum absolute atomic E-state index is 0.139. The van der Waals surface area contributed by atoms with Gasteiger partial charge in [-0.05, 0) is 44.0 Å². The summed E-state index contributed by atoms with van der Waals surface area (Å²) in [7, 11) is 1.47. The van der Waals surface area contributed by atoms with Crippen LogP contribution >= 0.6 is 0 Å². The fraction of sp³-hybridized carbons (Fsp3) is 0.261. The maximum Gasteiger partial charge on any atom is 0.339 e. The number of pyridine rings is 1. The second-order valence-corrected chi connectivity index (χ2v) is 7.76. The van der Waals surface area contributed by atoms with E-state index in [1.54, 1.807) is 18.3 Å². The van der Waals surface area contributed by atoms with Crippen molar-refractivity contribution in [2.45, 2.75) is 25.8 Å². The molecule has 1 unspecified atom stereocenters. The third kappa shape index (κ3) is 2.94. The Morgan fingerprint density at radius 1 is 1.23 bits per heavy atom. The lowest BCUT2D eigenvalue weighted by Crippen LogP contribution is -2.27. The molecular weight excluding hydrogens is 380 g/mol. The lowest BCUT2D eigenvalue weighted by molar-refractivity contribution is 0.0693. The molecule has 0 amide bonds. The molecule has 0 radical (unpaired) electrons. The van der Waals surface area contributed by atoms with E-state index in [-0.39, 0.29) is 5.56 Å². The van der Waals surface area contributed by atoms with Crippen LogP contribution in [-0.2, 0) is 0 Å². The number of hydrogen-bond donors (Lipinski definition) is 2. The summed E-state index contributed by atoms with van der Waals surface area (Å²) in [5, 5.41) is 18.5. The molecule has 1 saturated heterocycles. The predicted octanol–water partition coefficient (Wildman–Crippen LogP) is 4.47.